The van der Waals surface area contributed by atoms with Gasteiger partial charge in [0.2, 0.25) is 0 Å². The molecule has 86 valence electrons. The van der Waals surface area contributed by atoms with Gasteiger partial charge in [0.25, 0.3) is 0 Å². The maximum absolute atomic E-state index is 3.99. The molecule has 0 saturated carbocycles. The number of hydrogen-bond acceptors (Lipinski definition) is 0. The first-order valence-electron chi connectivity index (χ1n) is 5.71. The van der Waals surface area contributed by atoms with Gasteiger partial charge >= 0.3 is 0 Å². The van der Waals surface area contributed by atoms with Gasteiger partial charge in [0.1, 0.15) is 0 Å². The van der Waals surface area contributed by atoms with Crippen molar-refractivity contribution in [2.24, 2.45) is 0 Å². The Morgan fingerprint density at radius 3 is 2.53 bits per heavy atom. The summed E-state index contributed by atoms with van der Waals surface area (Å²) in [6, 6.07) is 8.61. The molecule has 1 unspecified atom stereocenters. The fourth-order valence-electron chi connectivity index (χ4n) is 2.12. The van der Waals surface area contributed by atoms with E-state index in [0.717, 1.165) is 5.57 Å². The normalized spacial score (nSPS) is 18.2. The third-order valence-electron chi connectivity index (χ3n) is 3.29. The summed E-state index contributed by atoms with van der Waals surface area (Å²) in [6.07, 6.45) is 4.60. The van der Waals surface area contributed by atoms with Crippen LogP contribution in [-0.2, 0) is 25.8 Å². The van der Waals surface area contributed by atoms with Crippen LogP contribution in [0, 0.1) is 0 Å². The van der Waals surface area contributed by atoms with Crippen LogP contribution in [0.3, 0.4) is 0 Å². The van der Waals surface area contributed by atoms with Crippen molar-refractivity contribution in [1.82, 2.24) is 0 Å². The maximum atomic E-state index is 3.99. The predicted octanol–water partition coefficient (Wildman–Crippen LogP) is 4.71. The molecule has 0 N–H and O–H groups in total. The number of benzene rings is 1. The van der Waals surface area contributed by atoms with Crippen molar-refractivity contribution in [1.29, 1.82) is 0 Å². The van der Waals surface area contributed by atoms with Crippen molar-refractivity contribution in [3.63, 3.8) is 0 Å². The van der Waals surface area contributed by atoms with Gasteiger partial charge in [-0.25, -0.2) is 0 Å². The Bertz CT molecular complexity index is 492. The first kappa shape index (κ1) is 14.4. The smallest absolute Gasteiger partial charge is 0.0240 e. The molecule has 0 spiro atoms. The largest absolute Gasteiger partial charge is 0.0959 e. The molecule has 2 rings (SSSR count). The van der Waals surface area contributed by atoms with Gasteiger partial charge in [0, 0.05) is 31.8 Å². The summed E-state index contributed by atoms with van der Waals surface area (Å²) in [5, 5.41) is 0. The maximum Gasteiger partial charge on any atom is 0.0240 e. The van der Waals surface area contributed by atoms with Crippen molar-refractivity contribution >= 4 is 6.08 Å². The van der Waals surface area contributed by atoms with Gasteiger partial charge in [-0.2, -0.15) is 0 Å². The van der Waals surface area contributed by atoms with E-state index in [2.05, 4.69) is 63.8 Å². The molecule has 17 heavy (non-hydrogen) atoms. The van der Waals surface area contributed by atoms with Crippen LogP contribution < -0.4 is 0 Å². The van der Waals surface area contributed by atoms with Crippen molar-refractivity contribution in [2.75, 3.05) is 0 Å². The van der Waals surface area contributed by atoms with E-state index in [1.54, 1.807) is 0 Å². The summed E-state index contributed by atoms with van der Waals surface area (Å²) in [7, 11) is 0. The topological polar surface area (TPSA) is 0 Å². The first-order chi connectivity index (χ1) is 7.59. The molecule has 1 aliphatic carbocycles. The van der Waals surface area contributed by atoms with Crippen LogP contribution in [0.15, 0.2) is 53.6 Å². The van der Waals surface area contributed by atoms with Crippen molar-refractivity contribution in [3.05, 3.63) is 64.8 Å². The molecule has 0 saturated heterocycles. The summed E-state index contributed by atoms with van der Waals surface area (Å²) < 4.78 is 0. The standard InChI is InChI=1S/C16H18.Hf/c1-11(2)12(3)10-16-13(4)9-14-7-5-6-8-15(14)16;/h5-10,16H,1H2,2-4H3;. The minimum absolute atomic E-state index is 0. The third kappa shape index (κ3) is 2.95. The predicted molar refractivity (Wildman–Crippen MR) is 71.4 cm³/mol. The zero-order valence-electron chi connectivity index (χ0n) is 10.7. The number of rotatable bonds is 2. The summed E-state index contributed by atoms with van der Waals surface area (Å²) in [4.78, 5) is 0. The molecule has 0 bridgehead atoms. The van der Waals surface area contributed by atoms with Crippen LogP contribution in [-0.4, -0.2) is 0 Å². The molecule has 1 atom stereocenters. The van der Waals surface area contributed by atoms with Gasteiger partial charge < -0.3 is 0 Å². The molecule has 0 nitrogen and oxygen atoms in total. The van der Waals surface area contributed by atoms with E-state index < -0.39 is 0 Å². The number of fused-ring (bicyclic) bond motifs is 1. The minimum Gasteiger partial charge on any atom is -0.0959 e. The van der Waals surface area contributed by atoms with E-state index >= 15 is 0 Å². The van der Waals surface area contributed by atoms with Crippen LogP contribution in [0.4, 0.5) is 0 Å². The fraction of sp³-hybridized carbons (Fsp3) is 0.250. The number of hydrogen-bond donors (Lipinski definition) is 0. The van der Waals surface area contributed by atoms with Crippen LogP contribution in [0.25, 0.3) is 6.08 Å². The van der Waals surface area contributed by atoms with Crippen LogP contribution in [0.2, 0.25) is 0 Å². The molecule has 1 aromatic carbocycles. The molecule has 0 heterocycles. The molecule has 0 aromatic heterocycles. The van der Waals surface area contributed by atoms with E-state index in [-0.39, 0.29) is 25.8 Å². The Labute approximate surface area is 123 Å². The summed E-state index contributed by atoms with van der Waals surface area (Å²) >= 11 is 0. The second kappa shape index (κ2) is 5.77. The van der Waals surface area contributed by atoms with Gasteiger partial charge in [-0.1, -0.05) is 59.7 Å². The van der Waals surface area contributed by atoms with E-state index in [9.17, 15) is 0 Å². The number of allylic oxidation sites excluding steroid dienone is 4. The zero-order chi connectivity index (χ0) is 11.7. The third-order valence-corrected chi connectivity index (χ3v) is 3.29. The summed E-state index contributed by atoms with van der Waals surface area (Å²) in [6.45, 7) is 10.4. The molecule has 1 aliphatic rings. The van der Waals surface area contributed by atoms with E-state index in [1.165, 1.54) is 22.3 Å². The van der Waals surface area contributed by atoms with Gasteiger partial charge in [-0.3, -0.25) is 0 Å². The van der Waals surface area contributed by atoms with Crippen LogP contribution in [0.5, 0.6) is 0 Å². The van der Waals surface area contributed by atoms with Gasteiger partial charge in [-0.05, 0) is 31.9 Å². The van der Waals surface area contributed by atoms with E-state index in [4.69, 9.17) is 0 Å². The zero-order valence-corrected chi connectivity index (χ0v) is 14.3. The second-order valence-electron chi connectivity index (χ2n) is 4.62. The Hall–Kier alpha value is -0.690. The Morgan fingerprint density at radius 1 is 1.24 bits per heavy atom. The summed E-state index contributed by atoms with van der Waals surface area (Å²) in [5.41, 5.74) is 6.63. The average Bonchev–Trinajstić information content (AvgIpc) is 2.55. The Balaban J connectivity index is 0.00000144. The van der Waals surface area contributed by atoms with Gasteiger partial charge in [-0.15, -0.1) is 0 Å². The SMILES string of the molecule is C=C(C)C(C)=CC1C(C)=Cc2ccccc21.[Hf]. The van der Waals surface area contributed by atoms with E-state index in [0.29, 0.717) is 5.92 Å². The van der Waals surface area contributed by atoms with E-state index in [1.807, 2.05) is 0 Å². The Morgan fingerprint density at radius 2 is 1.88 bits per heavy atom. The molecule has 0 fully saturated rings. The van der Waals surface area contributed by atoms with Gasteiger partial charge in [0.15, 0.2) is 0 Å². The van der Waals surface area contributed by atoms with Crippen molar-refractivity contribution in [2.45, 2.75) is 26.7 Å². The molecule has 0 amide bonds. The molecule has 0 aliphatic heterocycles. The summed E-state index contributed by atoms with van der Waals surface area (Å²) in [5.74, 6) is 0.438. The monoisotopic (exact) mass is 390 g/mol. The second-order valence-corrected chi connectivity index (χ2v) is 4.62. The van der Waals surface area contributed by atoms with Crippen LogP contribution >= 0.6 is 0 Å². The molecular weight excluding hydrogens is 371 g/mol. The first-order valence-corrected chi connectivity index (χ1v) is 5.71. The molecule has 0 radical (unpaired) electrons. The Kier molecular flexibility index (Phi) is 4.88. The van der Waals surface area contributed by atoms with Crippen LogP contribution in [0.1, 0.15) is 37.8 Å². The van der Waals surface area contributed by atoms with Crippen molar-refractivity contribution < 1.29 is 25.8 Å². The average molecular weight is 389 g/mol. The quantitative estimate of drug-likeness (QED) is 0.508. The van der Waals surface area contributed by atoms with Crippen molar-refractivity contribution in [3.8, 4) is 0 Å². The fourth-order valence-corrected chi connectivity index (χ4v) is 2.12. The molecule has 1 heteroatoms. The minimum atomic E-state index is 0. The molecular formula is C16H18Hf. The molecule has 1 aromatic rings. The van der Waals surface area contributed by atoms with Gasteiger partial charge in [0.05, 0.1) is 0 Å².